The quantitative estimate of drug-likeness (QED) is 0.462. The van der Waals surface area contributed by atoms with Gasteiger partial charge >= 0.3 is 0 Å². The summed E-state index contributed by atoms with van der Waals surface area (Å²) < 4.78 is 0. The van der Waals surface area contributed by atoms with E-state index in [9.17, 15) is 0 Å². The molecule has 18 heavy (non-hydrogen) atoms. The van der Waals surface area contributed by atoms with Gasteiger partial charge in [-0.3, -0.25) is 4.90 Å². The lowest BCUT2D eigenvalue weighted by Crippen LogP contribution is -2.22. The number of halogens is 1. The van der Waals surface area contributed by atoms with Gasteiger partial charge in [-0.25, -0.2) is 4.99 Å². The first-order valence-electron chi connectivity index (χ1n) is 6.01. The largest absolute Gasteiger partial charge is 0.370 e. The first-order chi connectivity index (χ1) is 8.15. The van der Waals surface area contributed by atoms with Crippen LogP contribution >= 0.6 is 24.0 Å². The van der Waals surface area contributed by atoms with E-state index < -0.39 is 0 Å². The van der Waals surface area contributed by atoms with Crippen LogP contribution in [0.2, 0.25) is 0 Å². The molecule has 4 N–H and O–H groups in total. The second-order valence-electron chi connectivity index (χ2n) is 4.02. The van der Waals surface area contributed by atoms with Gasteiger partial charge in [0, 0.05) is 6.54 Å². The average Bonchev–Trinajstić information content (AvgIpc) is 2.34. The molecule has 0 saturated carbocycles. The van der Waals surface area contributed by atoms with Crippen molar-refractivity contribution in [3.05, 3.63) is 35.4 Å². The second kappa shape index (κ2) is 9.16. The summed E-state index contributed by atoms with van der Waals surface area (Å²) in [4.78, 5) is 6.36. The first kappa shape index (κ1) is 17.2. The molecule has 0 saturated heterocycles. The Balaban J connectivity index is 0.00000289. The molecule has 0 aliphatic carbocycles. The van der Waals surface area contributed by atoms with Gasteiger partial charge in [-0.15, -0.1) is 24.0 Å². The lowest BCUT2D eigenvalue weighted by Gasteiger charge is -2.17. The lowest BCUT2D eigenvalue weighted by atomic mass is 10.1. The fourth-order valence-electron chi connectivity index (χ4n) is 1.64. The monoisotopic (exact) mass is 362 g/mol. The second-order valence-corrected chi connectivity index (χ2v) is 4.02. The van der Waals surface area contributed by atoms with Crippen molar-refractivity contribution in [1.29, 1.82) is 0 Å². The molecule has 1 aromatic rings. The molecule has 0 heterocycles. The van der Waals surface area contributed by atoms with Crippen molar-refractivity contribution in [3.8, 4) is 0 Å². The third-order valence-corrected chi connectivity index (χ3v) is 2.77. The molecule has 0 bridgehead atoms. The van der Waals surface area contributed by atoms with Crippen molar-refractivity contribution in [2.75, 3.05) is 13.1 Å². The van der Waals surface area contributed by atoms with Crippen LogP contribution in [0.1, 0.15) is 25.0 Å². The van der Waals surface area contributed by atoms with Gasteiger partial charge in [0.2, 0.25) is 0 Å². The third-order valence-electron chi connectivity index (χ3n) is 2.77. The first-order valence-corrected chi connectivity index (χ1v) is 6.01. The SMILES string of the molecule is CCN(CC)Cc1ccc(CN=C(N)N)cc1.I. The number of aliphatic imine (C=N–C) groups is 1. The molecule has 1 rings (SSSR count). The summed E-state index contributed by atoms with van der Waals surface area (Å²) >= 11 is 0. The molecule has 0 radical (unpaired) electrons. The van der Waals surface area contributed by atoms with Gasteiger partial charge in [0.05, 0.1) is 6.54 Å². The minimum Gasteiger partial charge on any atom is -0.370 e. The molecule has 0 amide bonds. The Hall–Kier alpha value is -0.820. The summed E-state index contributed by atoms with van der Waals surface area (Å²) in [5, 5.41) is 0. The van der Waals surface area contributed by atoms with E-state index in [1.165, 1.54) is 5.56 Å². The summed E-state index contributed by atoms with van der Waals surface area (Å²) in [6.07, 6.45) is 0. The fraction of sp³-hybridized carbons (Fsp3) is 0.462. The van der Waals surface area contributed by atoms with Crippen molar-refractivity contribution in [2.24, 2.45) is 16.5 Å². The molecule has 0 aromatic heterocycles. The van der Waals surface area contributed by atoms with Crippen molar-refractivity contribution in [3.63, 3.8) is 0 Å². The van der Waals surface area contributed by atoms with E-state index in [4.69, 9.17) is 11.5 Å². The molecule has 0 spiro atoms. The highest BCUT2D eigenvalue weighted by atomic mass is 127. The minimum atomic E-state index is 0. The standard InChI is InChI=1S/C13H22N4.HI/c1-3-17(4-2)10-12-7-5-11(6-8-12)9-16-13(14)15;/h5-8H,3-4,9-10H2,1-2H3,(H4,14,15,16);1H. The van der Waals surface area contributed by atoms with Gasteiger partial charge < -0.3 is 11.5 Å². The van der Waals surface area contributed by atoms with Crippen LogP contribution in [0.5, 0.6) is 0 Å². The van der Waals surface area contributed by atoms with Crippen LogP contribution in [-0.2, 0) is 13.1 Å². The molecular formula is C13H23IN4. The van der Waals surface area contributed by atoms with Crippen molar-refractivity contribution >= 4 is 29.9 Å². The van der Waals surface area contributed by atoms with Gasteiger partial charge in [-0.2, -0.15) is 0 Å². The molecule has 102 valence electrons. The molecule has 0 fully saturated rings. The lowest BCUT2D eigenvalue weighted by molar-refractivity contribution is 0.296. The number of hydrogen-bond donors (Lipinski definition) is 2. The summed E-state index contributed by atoms with van der Waals surface area (Å²) in [5.74, 6) is 0.136. The number of nitrogens with two attached hydrogens (primary N) is 2. The molecule has 0 atom stereocenters. The molecule has 0 aliphatic rings. The maximum absolute atomic E-state index is 5.29. The van der Waals surface area contributed by atoms with Gasteiger partial charge in [-0.1, -0.05) is 38.1 Å². The summed E-state index contributed by atoms with van der Waals surface area (Å²) in [5.41, 5.74) is 13.0. The Labute approximate surface area is 126 Å². The van der Waals surface area contributed by atoms with Crippen LogP contribution in [0.15, 0.2) is 29.3 Å². The molecule has 4 nitrogen and oxygen atoms in total. The average molecular weight is 362 g/mol. The van der Waals surface area contributed by atoms with Crippen LogP contribution in [-0.4, -0.2) is 23.9 Å². The highest BCUT2D eigenvalue weighted by Gasteiger charge is 2.00. The Bertz CT molecular complexity index is 354. The zero-order valence-electron chi connectivity index (χ0n) is 11.1. The smallest absolute Gasteiger partial charge is 0.186 e. The van der Waals surface area contributed by atoms with Gasteiger partial charge in [0.1, 0.15) is 0 Å². The molecule has 1 aromatic carbocycles. The highest BCUT2D eigenvalue weighted by Crippen LogP contribution is 2.08. The Kier molecular flexibility index (Phi) is 8.74. The van der Waals surface area contributed by atoms with Crippen molar-refractivity contribution in [2.45, 2.75) is 26.9 Å². The van der Waals surface area contributed by atoms with E-state index in [1.807, 2.05) is 0 Å². The van der Waals surface area contributed by atoms with Crippen LogP contribution < -0.4 is 11.5 Å². The molecular weight excluding hydrogens is 339 g/mol. The van der Waals surface area contributed by atoms with E-state index in [2.05, 4.69) is 48.0 Å². The maximum Gasteiger partial charge on any atom is 0.186 e. The zero-order chi connectivity index (χ0) is 12.7. The molecule has 5 heteroatoms. The number of nitrogens with zero attached hydrogens (tertiary/aromatic N) is 2. The fourth-order valence-corrected chi connectivity index (χ4v) is 1.64. The predicted octanol–water partition coefficient (Wildman–Crippen LogP) is 1.92. The Morgan fingerprint density at radius 3 is 2.00 bits per heavy atom. The van der Waals surface area contributed by atoms with Gasteiger partial charge in [0.15, 0.2) is 5.96 Å². The van der Waals surface area contributed by atoms with Crippen LogP contribution in [0.3, 0.4) is 0 Å². The predicted molar refractivity (Wildman–Crippen MR) is 88.0 cm³/mol. The van der Waals surface area contributed by atoms with E-state index >= 15 is 0 Å². The Morgan fingerprint density at radius 1 is 1.06 bits per heavy atom. The van der Waals surface area contributed by atoms with Crippen LogP contribution in [0, 0.1) is 0 Å². The Morgan fingerprint density at radius 2 is 1.56 bits per heavy atom. The van der Waals surface area contributed by atoms with Gasteiger partial charge in [0.25, 0.3) is 0 Å². The number of rotatable bonds is 6. The van der Waals surface area contributed by atoms with E-state index in [0.29, 0.717) is 6.54 Å². The highest BCUT2D eigenvalue weighted by molar-refractivity contribution is 14.0. The number of hydrogen-bond acceptors (Lipinski definition) is 2. The van der Waals surface area contributed by atoms with E-state index in [-0.39, 0.29) is 29.9 Å². The van der Waals surface area contributed by atoms with Crippen molar-refractivity contribution in [1.82, 2.24) is 4.90 Å². The maximum atomic E-state index is 5.29. The number of benzene rings is 1. The topological polar surface area (TPSA) is 67.6 Å². The summed E-state index contributed by atoms with van der Waals surface area (Å²) in [6, 6.07) is 8.42. The molecule has 0 aliphatic heterocycles. The van der Waals surface area contributed by atoms with E-state index in [0.717, 1.165) is 25.2 Å². The van der Waals surface area contributed by atoms with Crippen molar-refractivity contribution < 1.29 is 0 Å². The normalized spacial score (nSPS) is 9.94. The van der Waals surface area contributed by atoms with E-state index in [1.54, 1.807) is 0 Å². The molecule has 0 unspecified atom stereocenters. The third kappa shape index (κ3) is 6.20. The summed E-state index contributed by atoms with van der Waals surface area (Å²) in [7, 11) is 0. The van der Waals surface area contributed by atoms with Crippen LogP contribution in [0.4, 0.5) is 0 Å². The van der Waals surface area contributed by atoms with Gasteiger partial charge in [-0.05, 0) is 24.2 Å². The van der Waals surface area contributed by atoms with Crippen LogP contribution in [0.25, 0.3) is 0 Å². The summed E-state index contributed by atoms with van der Waals surface area (Å²) in [6.45, 7) is 8.05. The number of guanidine groups is 1. The minimum absolute atomic E-state index is 0. The zero-order valence-corrected chi connectivity index (χ0v) is 13.4.